The van der Waals surface area contributed by atoms with Gasteiger partial charge >= 0.3 is 0 Å². The molecule has 0 bridgehead atoms. The van der Waals surface area contributed by atoms with Crippen LogP contribution in [0.3, 0.4) is 0 Å². The number of fused-ring (bicyclic) bond motifs is 1. The van der Waals surface area contributed by atoms with E-state index in [-0.39, 0.29) is 5.91 Å². The van der Waals surface area contributed by atoms with Gasteiger partial charge in [-0.25, -0.2) is 4.98 Å². The van der Waals surface area contributed by atoms with Crippen molar-refractivity contribution >= 4 is 34.7 Å². The van der Waals surface area contributed by atoms with Crippen LogP contribution in [0.4, 0.5) is 5.69 Å². The number of thioether (sulfide) groups is 1. The molecule has 4 heterocycles. The second kappa shape index (κ2) is 8.33. The quantitative estimate of drug-likeness (QED) is 0.470. The molecule has 1 aliphatic rings. The second-order valence-electron chi connectivity index (χ2n) is 6.70. The summed E-state index contributed by atoms with van der Waals surface area (Å²) in [4.78, 5) is 22.8. The number of hydrogen-bond acceptors (Lipinski definition) is 6. The first kappa shape index (κ1) is 18.9. The van der Waals surface area contributed by atoms with Gasteiger partial charge in [-0.3, -0.25) is 9.78 Å². The maximum absolute atomic E-state index is 13.3. The van der Waals surface area contributed by atoms with Gasteiger partial charge in [0.05, 0.1) is 11.8 Å². The van der Waals surface area contributed by atoms with Gasteiger partial charge in [0.2, 0.25) is 5.88 Å². The first-order valence-electron chi connectivity index (χ1n) is 9.49. The predicted octanol–water partition coefficient (Wildman–Crippen LogP) is 5.16. The number of carbonyl (C=O) groups is 1. The van der Waals surface area contributed by atoms with E-state index in [0.717, 1.165) is 28.5 Å². The van der Waals surface area contributed by atoms with E-state index in [1.165, 1.54) is 10.4 Å². The Kier molecular flexibility index (Phi) is 5.25. The fourth-order valence-electron chi connectivity index (χ4n) is 3.39. The lowest BCUT2D eigenvalue weighted by Gasteiger charge is -2.13. The average molecular weight is 435 g/mol. The maximum Gasteiger partial charge on any atom is 0.258 e. The Labute approximate surface area is 182 Å². The zero-order chi connectivity index (χ0) is 20.3. The van der Waals surface area contributed by atoms with Crippen molar-refractivity contribution in [2.45, 2.75) is 12.2 Å². The molecule has 0 fully saturated rings. The summed E-state index contributed by atoms with van der Waals surface area (Å²) in [5, 5.41) is 4.02. The molecule has 30 heavy (non-hydrogen) atoms. The topological polar surface area (TPSA) is 69.0 Å². The van der Waals surface area contributed by atoms with Crippen LogP contribution < -0.4 is 10.1 Å². The van der Waals surface area contributed by atoms with E-state index < -0.39 is 0 Å². The van der Waals surface area contributed by atoms with Gasteiger partial charge in [0.1, 0.15) is 10.8 Å². The lowest BCUT2D eigenvalue weighted by molar-refractivity contribution is 0.102. The average Bonchev–Trinajstić information content (AvgIpc) is 3.42. The Balaban J connectivity index is 1.43. The monoisotopic (exact) mass is 434 g/mol. The lowest BCUT2D eigenvalue weighted by atomic mass is 10.1. The molecule has 0 spiro atoms. The van der Waals surface area contributed by atoms with Crippen LogP contribution in [0.2, 0.25) is 0 Å². The van der Waals surface area contributed by atoms with Gasteiger partial charge in [0.15, 0.2) is 0 Å². The van der Waals surface area contributed by atoms with Crippen LogP contribution in [-0.4, -0.2) is 26.2 Å². The molecule has 0 saturated carbocycles. The van der Waals surface area contributed by atoms with Crippen LogP contribution in [0.5, 0.6) is 11.6 Å². The van der Waals surface area contributed by atoms with Gasteiger partial charge in [-0.1, -0.05) is 6.07 Å². The summed E-state index contributed by atoms with van der Waals surface area (Å²) in [5.41, 5.74) is 2.61. The molecular formula is C22H18N4O2S2. The molecule has 1 N–H and O–H groups in total. The summed E-state index contributed by atoms with van der Waals surface area (Å²) in [6.07, 6.45) is 9.58. The van der Waals surface area contributed by atoms with Crippen LogP contribution in [-0.2, 0) is 12.2 Å². The summed E-state index contributed by atoms with van der Waals surface area (Å²) in [6.45, 7) is 0. The molecule has 3 aromatic heterocycles. The van der Waals surface area contributed by atoms with E-state index in [1.807, 2.05) is 59.1 Å². The van der Waals surface area contributed by atoms with Crippen LogP contribution >= 0.6 is 23.1 Å². The van der Waals surface area contributed by atoms with Gasteiger partial charge in [0, 0.05) is 47.2 Å². The molecule has 8 heteroatoms. The molecule has 150 valence electrons. The minimum absolute atomic E-state index is 0.0975. The van der Waals surface area contributed by atoms with Crippen molar-refractivity contribution in [3.8, 4) is 16.6 Å². The molecule has 1 aliphatic heterocycles. The normalized spacial score (nSPS) is 12.9. The molecule has 0 unspecified atom stereocenters. The molecule has 5 rings (SSSR count). The summed E-state index contributed by atoms with van der Waals surface area (Å²) in [5.74, 6) is 2.89. The largest absolute Gasteiger partial charge is 0.437 e. The highest BCUT2D eigenvalue weighted by molar-refractivity contribution is 7.98. The number of aromatic nitrogens is 3. The molecule has 0 saturated heterocycles. The van der Waals surface area contributed by atoms with Gasteiger partial charge in [-0.2, -0.15) is 11.8 Å². The SMILES string of the molecule is O=C(Nc1cccc(Oc2cnccn2)c1)c1c(-n2cccc2)sc2c1CCSC2. The minimum atomic E-state index is -0.0975. The molecule has 0 radical (unpaired) electrons. The third-order valence-corrected chi connectivity index (χ3v) is 7.14. The van der Waals surface area contributed by atoms with Crippen molar-refractivity contribution in [1.29, 1.82) is 0 Å². The number of nitrogens with zero attached hydrogens (tertiary/aromatic N) is 3. The maximum atomic E-state index is 13.3. The number of nitrogens with one attached hydrogen (secondary N) is 1. The highest BCUT2D eigenvalue weighted by Gasteiger charge is 2.26. The van der Waals surface area contributed by atoms with Crippen LogP contribution in [0.15, 0.2) is 67.4 Å². The summed E-state index contributed by atoms with van der Waals surface area (Å²) in [7, 11) is 0. The van der Waals surface area contributed by atoms with Crippen LogP contribution in [0.25, 0.3) is 5.00 Å². The number of thiophene rings is 1. The molecule has 0 atom stereocenters. The smallest absolute Gasteiger partial charge is 0.258 e. The van der Waals surface area contributed by atoms with Gasteiger partial charge < -0.3 is 14.6 Å². The highest BCUT2D eigenvalue weighted by atomic mass is 32.2. The first-order chi connectivity index (χ1) is 14.8. The van der Waals surface area contributed by atoms with E-state index in [4.69, 9.17) is 4.74 Å². The van der Waals surface area contributed by atoms with E-state index in [0.29, 0.717) is 17.3 Å². The van der Waals surface area contributed by atoms with E-state index >= 15 is 0 Å². The molecule has 1 amide bonds. The predicted molar refractivity (Wildman–Crippen MR) is 120 cm³/mol. The standard InChI is InChI=1S/C22H18N4O2S2/c27-21(25-15-4-3-5-16(12-15)28-19-13-23-7-8-24-19)20-17-6-11-29-14-18(17)30-22(20)26-9-1-2-10-26/h1-5,7-10,12-13H,6,11,14H2,(H,25,27). The number of hydrogen-bond donors (Lipinski definition) is 1. The Bertz CT molecular complexity index is 1170. The molecule has 1 aromatic carbocycles. The van der Waals surface area contributed by atoms with Crippen LogP contribution in [0, 0.1) is 0 Å². The lowest BCUT2D eigenvalue weighted by Crippen LogP contribution is -2.16. The summed E-state index contributed by atoms with van der Waals surface area (Å²) in [6, 6.07) is 11.3. The number of ether oxygens (including phenoxy) is 1. The van der Waals surface area contributed by atoms with E-state index in [2.05, 4.69) is 15.3 Å². The van der Waals surface area contributed by atoms with E-state index in [9.17, 15) is 4.79 Å². The van der Waals surface area contributed by atoms with Gasteiger partial charge in [0.25, 0.3) is 5.91 Å². The Morgan fingerprint density at radius 2 is 2.07 bits per heavy atom. The number of anilines is 1. The number of carbonyl (C=O) groups excluding carboxylic acids is 1. The highest BCUT2D eigenvalue weighted by Crippen LogP contribution is 2.38. The summed E-state index contributed by atoms with van der Waals surface area (Å²) >= 11 is 3.62. The van der Waals surface area contributed by atoms with E-state index in [1.54, 1.807) is 36.0 Å². The second-order valence-corrected chi connectivity index (χ2v) is 8.89. The van der Waals surface area contributed by atoms with Crippen molar-refractivity contribution in [2.24, 2.45) is 0 Å². The van der Waals surface area contributed by atoms with Gasteiger partial charge in [-0.15, -0.1) is 11.3 Å². The summed E-state index contributed by atoms with van der Waals surface area (Å²) < 4.78 is 7.76. The first-order valence-corrected chi connectivity index (χ1v) is 11.5. The minimum Gasteiger partial charge on any atom is -0.437 e. The van der Waals surface area contributed by atoms with Crippen LogP contribution in [0.1, 0.15) is 20.8 Å². The molecular weight excluding hydrogens is 416 g/mol. The molecule has 4 aromatic rings. The van der Waals surface area contributed by atoms with Crippen molar-refractivity contribution in [3.63, 3.8) is 0 Å². The Morgan fingerprint density at radius 1 is 1.17 bits per heavy atom. The van der Waals surface area contributed by atoms with Gasteiger partial charge in [-0.05, 0) is 42.0 Å². The zero-order valence-electron chi connectivity index (χ0n) is 15.9. The fraction of sp³-hybridized carbons (Fsp3) is 0.136. The van der Waals surface area contributed by atoms with Crippen molar-refractivity contribution in [1.82, 2.24) is 14.5 Å². The Hall–Kier alpha value is -3.10. The number of rotatable bonds is 5. The zero-order valence-corrected chi connectivity index (χ0v) is 17.6. The molecule has 6 nitrogen and oxygen atoms in total. The Morgan fingerprint density at radius 3 is 2.90 bits per heavy atom. The van der Waals surface area contributed by atoms with Crippen molar-refractivity contribution in [2.75, 3.05) is 11.1 Å². The van der Waals surface area contributed by atoms with Crippen molar-refractivity contribution in [3.05, 3.63) is 83.4 Å². The fourth-order valence-corrected chi connectivity index (χ4v) is 5.84. The van der Waals surface area contributed by atoms with Crippen molar-refractivity contribution < 1.29 is 9.53 Å². The molecule has 0 aliphatic carbocycles. The number of amides is 1. The number of benzene rings is 1. The third-order valence-electron chi connectivity index (χ3n) is 4.72. The third kappa shape index (κ3) is 3.83.